The number of carbonyl (C=O) groups excluding carboxylic acids is 1. The lowest BCUT2D eigenvalue weighted by Crippen LogP contribution is -2.47. The zero-order chi connectivity index (χ0) is 23.2. The van der Waals surface area contributed by atoms with Crippen LogP contribution < -0.4 is 15.0 Å². The molecule has 1 unspecified atom stereocenters. The van der Waals surface area contributed by atoms with E-state index in [-0.39, 0.29) is 5.91 Å². The largest absolute Gasteiger partial charge is 0.477 e. The predicted octanol–water partition coefficient (Wildman–Crippen LogP) is 1.45. The number of likely N-dealkylation sites (N-methyl/N-ethyl adjacent to an activating group) is 1. The third kappa shape index (κ3) is 3.85. The van der Waals surface area contributed by atoms with Crippen molar-refractivity contribution >= 4 is 22.9 Å². The first-order valence-corrected chi connectivity index (χ1v) is 11.0. The second-order valence-corrected chi connectivity index (χ2v) is 8.82. The number of morpholine rings is 1. The monoisotopic (exact) mass is 452 g/mol. The van der Waals surface area contributed by atoms with E-state index >= 15 is 0 Å². The number of aliphatic hydroxyl groups is 1. The number of rotatable bonds is 5. The van der Waals surface area contributed by atoms with Crippen molar-refractivity contribution in [2.45, 2.75) is 25.2 Å². The smallest absolute Gasteiger partial charge is 0.266 e. The van der Waals surface area contributed by atoms with Gasteiger partial charge in [0.15, 0.2) is 17.5 Å². The maximum Gasteiger partial charge on any atom is 0.266 e. The van der Waals surface area contributed by atoms with E-state index in [0.717, 1.165) is 30.0 Å². The zero-order valence-electron chi connectivity index (χ0n) is 19.0. The van der Waals surface area contributed by atoms with Crippen LogP contribution in [0.25, 0.3) is 5.65 Å². The number of hydrogen-bond acceptors (Lipinski definition) is 8. The Balaban J connectivity index is 1.50. The van der Waals surface area contributed by atoms with Crippen LogP contribution in [0, 0.1) is 0 Å². The summed E-state index contributed by atoms with van der Waals surface area (Å²) >= 11 is 0. The maximum absolute atomic E-state index is 12.8. The van der Waals surface area contributed by atoms with E-state index in [2.05, 4.69) is 20.3 Å². The lowest BCUT2D eigenvalue weighted by Gasteiger charge is -2.31. The van der Waals surface area contributed by atoms with Gasteiger partial charge in [-0.1, -0.05) is 0 Å². The van der Waals surface area contributed by atoms with Gasteiger partial charge >= 0.3 is 0 Å². The number of fused-ring (bicyclic) bond motifs is 2. The molecule has 1 fully saturated rings. The fourth-order valence-electron chi connectivity index (χ4n) is 4.53. The molecule has 1 amide bonds. The summed E-state index contributed by atoms with van der Waals surface area (Å²) in [6.45, 7) is 4.49. The normalized spacial score (nSPS) is 20.9. The number of amides is 1. The van der Waals surface area contributed by atoms with Gasteiger partial charge < -0.3 is 29.7 Å². The predicted molar refractivity (Wildman–Crippen MR) is 122 cm³/mol. The van der Waals surface area contributed by atoms with Crippen LogP contribution in [0.4, 0.5) is 11.4 Å². The molecule has 1 aromatic carbocycles. The van der Waals surface area contributed by atoms with Crippen LogP contribution in [-0.2, 0) is 16.0 Å². The maximum atomic E-state index is 12.8. The van der Waals surface area contributed by atoms with Crippen LogP contribution in [0.5, 0.6) is 5.75 Å². The second kappa shape index (κ2) is 8.20. The van der Waals surface area contributed by atoms with E-state index in [1.807, 2.05) is 19.1 Å². The van der Waals surface area contributed by atoms with E-state index in [9.17, 15) is 9.90 Å². The number of hydrogen-bond donors (Lipinski definition) is 2. The molecule has 0 radical (unpaired) electrons. The van der Waals surface area contributed by atoms with Gasteiger partial charge in [0, 0.05) is 57.6 Å². The van der Waals surface area contributed by atoms with Crippen LogP contribution >= 0.6 is 0 Å². The molecule has 10 heteroatoms. The molecule has 2 N–H and O–H groups in total. The first-order chi connectivity index (χ1) is 15.9. The molecule has 0 aliphatic carbocycles. The van der Waals surface area contributed by atoms with Crippen LogP contribution in [0.1, 0.15) is 24.3 Å². The summed E-state index contributed by atoms with van der Waals surface area (Å²) in [6.07, 6.45) is 4.49. The van der Waals surface area contributed by atoms with Gasteiger partial charge in [0.05, 0.1) is 36.3 Å². The molecule has 2 aliphatic heterocycles. The Morgan fingerprint density at radius 1 is 1.30 bits per heavy atom. The Bertz CT molecular complexity index is 1190. The highest BCUT2D eigenvalue weighted by atomic mass is 16.5. The van der Waals surface area contributed by atoms with Gasteiger partial charge in [0.1, 0.15) is 5.75 Å². The van der Waals surface area contributed by atoms with Gasteiger partial charge in [-0.15, -0.1) is 0 Å². The fraction of sp³-hybridized carbons (Fsp3) is 0.435. The van der Waals surface area contributed by atoms with Gasteiger partial charge in [-0.3, -0.25) is 4.79 Å². The number of benzene rings is 1. The molecular weight excluding hydrogens is 424 g/mol. The topological polar surface area (TPSA) is 104 Å². The first-order valence-electron chi connectivity index (χ1n) is 11.0. The molecule has 3 aromatic rings. The van der Waals surface area contributed by atoms with Crippen LogP contribution in [0.3, 0.4) is 0 Å². The highest BCUT2D eigenvalue weighted by Crippen LogP contribution is 2.43. The van der Waals surface area contributed by atoms with Crippen molar-refractivity contribution in [2.24, 2.45) is 0 Å². The van der Waals surface area contributed by atoms with Gasteiger partial charge in [0.2, 0.25) is 0 Å². The summed E-state index contributed by atoms with van der Waals surface area (Å²) in [5.41, 5.74) is 2.76. The molecule has 10 nitrogen and oxygen atoms in total. The standard InChI is InChI=1S/C23H28N6O4/c1-23(22(31)27(2)3)13-15-11-17(18(12-19(15)33-23)28-7-9-32-10-8-28)26-21(30)16-14-25-29-6-4-5-24-20(16)29/h4-6,11-12,14,21,26,30H,7-10,13H2,1-3H3/t21?,23-/m0/s1. The summed E-state index contributed by atoms with van der Waals surface area (Å²) in [5, 5.41) is 18.6. The van der Waals surface area contributed by atoms with Crippen LogP contribution in [-0.4, -0.2) is 76.5 Å². The van der Waals surface area contributed by atoms with Gasteiger partial charge in [0.25, 0.3) is 5.91 Å². The number of anilines is 2. The third-order valence-corrected chi connectivity index (χ3v) is 6.15. The van der Waals surface area contributed by atoms with Crippen molar-refractivity contribution in [2.75, 3.05) is 50.6 Å². The van der Waals surface area contributed by atoms with Gasteiger partial charge in [-0.25, -0.2) is 9.50 Å². The zero-order valence-corrected chi connectivity index (χ0v) is 19.0. The molecule has 2 aliphatic rings. The van der Waals surface area contributed by atoms with Crippen molar-refractivity contribution in [1.29, 1.82) is 0 Å². The molecule has 33 heavy (non-hydrogen) atoms. The fourth-order valence-corrected chi connectivity index (χ4v) is 4.53. The molecule has 4 heterocycles. The minimum Gasteiger partial charge on any atom is -0.477 e. The van der Waals surface area contributed by atoms with E-state index in [4.69, 9.17) is 9.47 Å². The minimum absolute atomic E-state index is 0.0846. The number of aliphatic hydroxyl groups excluding tert-OH is 1. The van der Waals surface area contributed by atoms with Gasteiger partial charge in [-0.2, -0.15) is 5.10 Å². The Morgan fingerprint density at radius 3 is 2.85 bits per heavy atom. The van der Waals surface area contributed by atoms with Crippen molar-refractivity contribution in [3.8, 4) is 5.75 Å². The summed E-state index contributed by atoms with van der Waals surface area (Å²) in [4.78, 5) is 20.9. The highest BCUT2D eigenvalue weighted by molar-refractivity contribution is 5.87. The summed E-state index contributed by atoms with van der Waals surface area (Å²) < 4.78 is 13.3. The molecule has 1 saturated heterocycles. The van der Waals surface area contributed by atoms with Gasteiger partial charge in [-0.05, 0) is 19.1 Å². The molecule has 0 spiro atoms. The Morgan fingerprint density at radius 2 is 2.09 bits per heavy atom. The Labute approximate surface area is 191 Å². The van der Waals surface area contributed by atoms with Crippen LogP contribution in [0.2, 0.25) is 0 Å². The number of ether oxygens (including phenoxy) is 2. The minimum atomic E-state index is -1.02. The molecular formula is C23H28N6O4. The first kappa shape index (κ1) is 21.5. The molecule has 174 valence electrons. The quantitative estimate of drug-likeness (QED) is 0.561. The Hall–Kier alpha value is -3.37. The van der Waals surface area contributed by atoms with Crippen molar-refractivity contribution in [1.82, 2.24) is 19.5 Å². The summed E-state index contributed by atoms with van der Waals surface area (Å²) in [6, 6.07) is 5.71. The second-order valence-electron chi connectivity index (χ2n) is 8.82. The average Bonchev–Trinajstić information content (AvgIpc) is 3.39. The lowest BCUT2D eigenvalue weighted by atomic mass is 9.97. The summed E-state index contributed by atoms with van der Waals surface area (Å²) in [5.74, 6) is 0.602. The number of nitrogens with one attached hydrogen (secondary N) is 1. The molecule has 0 bridgehead atoms. The SMILES string of the molecule is CN(C)C(=O)[C@]1(C)Cc2cc(NC(O)c3cnn4cccnc34)c(N3CCOCC3)cc2O1. The van der Waals surface area contributed by atoms with Crippen molar-refractivity contribution < 1.29 is 19.4 Å². The van der Waals surface area contributed by atoms with E-state index in [1.165, 1.54) is 0 Å². The molecule has 5 rings (SSSR count). The number of nitrogens with zero attached hydrogens (tertiary/aromatic N) is 5. The highest BCUT2D eigenvalue weighted by Gasteiger charge is 2.43. The Kier molecular flexibility index (Phi) is 5.34. The molecule has 0 saturated carbocycles. The number of aromatic nitrogens is 3. The average molecular weight is 453 g/mol. The van der Waals surface area contributed by atoms with E-state index < -0.39 is 11.8 Å². The molecule has 2 aromatic heterocycles. The molecule has 2 atom stereocenters. The van der Waals surface area contributed by atoms with Crippen molar-refractivity contribution in [3.05, 3.63) is 47.9 Å². The summed E-state index contributed by atoms with van der Waals surface area (Å²) in [7, 11) is 3.46. The lowest BCUT2D eigenvalue weighted by molar-refractivity contribution is -0.142. The van der Waals surface area contributed by atoms with Crippen molar-refractivity contribution in [3.63, 3.8) is 0 Å². The van der Waals surface area contributed by atoms with Crippen LogP contribution in [0.15, 0.2) is 36.8 Å². The third-order valence-electron chi connectivity index (χ3n) is 6.15. The number of carbonyl (C=O) groups is 1. The van der Waals surface area contributed by atoms with E-state index in [1.54, 1.807) is 48.2 Å². The van der Waals surface area contributed by atoms with E-state index in [0.29, 0.717) is 36.6 Å².